The molecule has 1 aromatic heterocycles. The first-order chi connectivity index (χ1) is 16.7. The predicted octanol–water partition coefficient (Wildman–Crippen LogP) is 8.98. The summed E-state index contributed by atoms with van der Waals surface area (Å²) in [6.07, 6.45) is 22.8. The number of rotatable bonds is 18. The van der Waals surface area contributed by atoms with E-state index >= 15 is 0 Å². The van der Waals surface area contributed by atoms with Crippen LogP contribution in [0.3, 0.4) is 0 Å². The number of hydrogen-bond acceptors (Lipinski definition) is 3. The van der Waals surface area contributed by atoms with Gasteiger partial charge in [-0.05, 0) is 30.4 Å². The maximum Gasteiger partial charge on any atom is 0.337 e. The number of allylic oxidation sites excluding steroid dienone is 1. The number of esters is 1. The minimum atomic E-state index is -0.362. The van der Waals surface area contributed by atoms with E-state index in [4.69, 9.17) is 4.74 Å². The van der Waals surface area contributed by atoms with Crippen molar-refractivity contribution in [1.82, 2.24) is 4.98 Å². The van der Waals surface area contributed by atoms with Crippen LogP contribution in [0.4, 0.5) is 0 Å². The van der Waals surface area contributed by atoms with Gasteiger partial charge in [-0.3, -0.25) is 0 Å². The lowest BCUT2D eigenvalue weighted by Crippen LogP contribution is -2.06. The van der Waals surface area contributed by atoms with Crippen LogP contribution < -0.4 is 4.74 Å². The Morgan fingerprint density at radius 3 is 2.12 bits per heavy atom. The largest absolute Gasteiger partial charge is 0.404 e. The summed E-state index contributed by atoms with van der Waals surface area (Å²) in [5.74, 6) is 0.237. The van der Waals surface area contributed by atoms with Gasteiger partial charge in [0.2, 0.25) is 5.88 Å². The first-order valence-corrected chi connectivity index (χ1v) is 13.6. The number of unbranched alkanes of at least 4 members (excludes halogenated alkanes) is 10. The molecule has 3 heteroatoms. The summed E-state index contributed by atoms with van der Waals surface area (Å²) in [4.78, 5) is 16.8. The standard InChI is InChI=1S/C31H45NO2/c1-3-5-7-9-10-12-14-18-27-22-24-30(32-26-27)34-31(33)25-23-29(21-15-11-8-6-4-2)28-19-16-13-17-20-28/h13,16-17,19-20,22-26,29H,3-12,14-15,18,21H2,1-2H3. The van der Waals surface area contributed by atoms with Gasteiger partial charge in [0.25, 0.3) is 0 Å². The third kappa shape index (κ3) is 12.2. The van der Waals surface area contributed by atoms with Gasteiger partial charge in [-0.2, -0.15) is 0 Å². The van der Waals surface area contributed by atoms with Crippen LogP contribution in [0.5, 0.6) is 5.88 Å². The molecule has 0 aliphatic carbocycles. The lowest BCUT2D eigenvalue weighted by molar-refractivity contribution is -0.129. The van der Waals surface area contributed by atoms with E-state index in [0.717, 1.165) is 12.8 Å². The highest BCUT2D eigenvalue weighted by Gasteiger charge is 2.10. The van der Waals surface area contributed by atoms with Crippen molar-refractivity contribution < 1.29 is 9.53 Å². The molecule has 0 saturated carbocycles. The van der Waals surface area contributed by atoms with Crippen LogP contribution in [0.15, 0.2) is 60.8 Å². The topological polar surface area (TPSA) is 39.2 Å². The summed E-state index contributed by atoms with van der Waals surface area (Å²) in [7, 11) is 0. The average Bonchev–Trinajstić information content (AvgIpc) is 2.86. The molecule has 0 spiro atoms. The van der Waals surface area contributed by atoms with Gasteiger partial charge in [-0.15, -0.1) is 0 Å². The summed E-state index contributed by atoms with van der Waals surface area (Å²) in [6.45, 7) is 4.49. The molecule has 0 bridgehead atoms. The van der Waals surface area contributed by atoms with E-state index in [-0.39, 0.29) is 11.9 Å². The van der Waals surface area contributed by atoms with Crippen molar-refractivity contribution in [1.29, 1.82) is 0 Å². The van der Waals surface area contributed by atoms with Gasteiger partial charge in [0.15, 0.2) is 0 Å². The number of nitrogens with zero attached hydrogens (tertiary/aromatic N) is 1. The number of carbonyl (C=O) groups is 1. The molecule has 0 aliphatic heterocycles. The molecule has 3 nitrogen and oxygen atoms in total. The van der Waals surface area contributed by atoms with E-state index in [1.165, 1.54) is 88.2 Å². The first kappa shape index (κ1) is 27.8. The van der Waals surface area contributed by atoms with Crippen molar-refractivity contribution in [3.05, 3.63) is 71.9 Å². The van der Waals surface area contributed by atoms with Crippen LogP contribution >= 0.6 is 0 Å². The number of aromatic nitrogens is 1. The summed E-state index contributed by atoms with van der Waals surface area (Å²) in [6, 6.07) is 14.3. The van der Waals surface area contributed by atoms with E-state index in [0.29, 0.717) is 5.88 Å². The summed E-state index contributed by atoms with van der Waals surface area (Å²) in [5.41, 5.74) is 2.45. The maximum atomic E-state index is 12.4. The number of carbonyl (C=O) groups excluding carboxylic acids is 1. The molecule has 186 valence electrons. The van der Waals surface area contributed by atoms with Crippen molar-refractivity contribution in [2.75, 3.05) is 0 Å². The smallest absolute Gasteiger partial charge is 0.337 e. The Morgan fingerprint density at radius 2 is 1.47 bits per heavy atom. The average molecular weight is 464 g/mol. The molecule has 1 aromatic carbocycles. The molecule has 0 radical (unpaired) electrons. The zero-order chi connectivity index (χ0) is 24.3. The van der Waals surface area contributed by atoms with Gasteiger partial charge in [0, 0.05) is 24.3 Å². The quantitative estimate of drug-likeness (QED) is 0.126. The van der Waals surface area contributed by atoms with E-state index in [1.54, 1.807) is 6.08 Å². The molecule has 2 aromatic rings. The molecule has 0 amide bonds. The molecule has 0 aliphatic rings. The highest BCUT2D eigenvalue weighted by Crippen LogP contribution is 2.24. The second-order valence-corrected chi connectivity index (χ2v) is 9.38. The van der Waals surface area contributed by atoms with Crippen LogP contribution in [0.1, 0.15) is 114 Å². The molecular weight excluding hydrogens is 418 g/mol. The van der Waals surface area contributed by atoms with E-state index in [1.807, 2.05) is 30.5 Å². The van der Waals surface area contributed by atoms with E-state index < -0.39 is 0 Å². The van der Waals surface area contributed by atoms with Crippen LogP contribution in [-0.2, 0) is 11.2 Å². The molecule has 1 heterocycles. The Morgan fingerprint density at radius 1 is 0.824 bits per heavy atom. The Bertz CT molecular complexity index is 798. The number of ether oxygens (including phenoxy) is 1. The lowest BCUT2D eigenvalue weighted by atomic mass is 9.92. The van der Waals surface area contributed by atoms with Crippen LogP contribution in [0.2, 0.25) is 0 Å². The second kappa shape index (κ2) is 18.0. The third-order valence-corrected chi connectivity index (χ3v) is 6.38. The minimum Gasteiger partial charge on any atom is -0.404 e. The molecular formula is C31H45NO2. The zero-order valence-electron chi connectivity index (χ0n) is 21.5. The molecule has 0 fully saturated rings. The fraction of sp³-hybridized carbons (Fsp3) is 0.548. The normalized spacial score (nSPS) is 12.2. The van der Waals surface area contributed by atoms with Gasteiger partial charge in [0.1, 0.15) is 0 Å². The zero-order valence-corrected chi connectivity index (χ0v) is 21.5. The van der Waals surface area contributed by atoms with Crippen molar-refractivity contribution in [2.24, 2.45) is 0 Å². The van der Waals surface area contributed by atoms with Crippen molar-refractivity contribution in [3.8, 4) is 5.88 Å². The Hall–Kier alpha value is -2.42. The molecule has 0 N–H and O–H groups in total. The summed E-state index contributed by atoms with van der Waals surface area (Å²) < 4.78 is 5.46. The first-order valence-electron chi connectivity index (χ1n) is 13.6. The predicted molar refractivity (Wildman–Crippen MR) is 143 cm³/mol. The monoisotopic (exact) mass is 463 g/mol. The second-order valence-electron chi connectivity index (χ2n) is 9.38. The SMILES string of the molecule is CCCCCCCCCc1ccc(OC(=O)C=CC(CCCCCCC)c2ccccc2)nc1. The molecule has 1 unspecified atom stereocenters. The van der Waals surface area contributed by atoms with Crippen molar-refractivity contribution >= 4 is 5.97 Å². The molecule has 34 heavy (non-hydrogen) atoms. The molecule has 0 saturated heterocycles. The van der Waals surface area contributed by atoms with Gasteiger partial charge in [-0.25, -0.2) is 9.78 Å². The minimum absolute atomic E-state index is 0.229. The Labute approximate surface area is 208 Å². The van der Waals surface area contributed by atoms with Crippen LogP contribution in [0.25, 0.3) is 0 Å². The Balaban J connectivity index is 1.78. The number of hydrogen-bond donors (Lipinski definition) is 0. The Kier molecular flexibility index (Phi) is 14.7. The fourth-order valence-electron chi connectivity index (χ4n) is 4.28. The van der Waals surface area contributed by atoms with Gasteiger partial charge >= 0.3 is 5.97 Å². The summed E-state index contributed by atoms with van der Waals surface area (Å²) in [5, 5.41) is 0. The molecule has 1 atom stereocenters. The van der Waals surface area contributed by atoms with Crippen LogP contribution in [0, 0.1) is 0 Å². The highest BCUT2D eigenvalue weighted by atomic mass is 16.5. The highest BCUT2D eigenvalue weighted by molar-refractivity contribution is 5.83. The van der Waals surface area contributed by atoms with Gasteiger partial charge in [0.05, 0.1) is 0 Å². The lowest BCUT2D eigenvalue weighted by Gasteiger charge is -2.13. The number of benzene rings is 1. The van der Waals surface area contributed by atoms with E-state index in [2.05, 4.69) is 43.1 Å². The molecule has 2 rings (SSSR count). The van der Waals surface area contributed by atoms with Gasteiger partial charge < -0.3 is 4.74 Å². The van der Waals surface area contributed by atoms with Crippen molar-refractivity contribution in [3.63, 3.8) is 0 Å². The third-order valence-electron chi connectivity index (χ3n) is 6.38. The number of pyridine rings is 1. The maximum absolute atomic E-state index is 12.4. The van der Waals surface area contributed by atoms with Crippen LogP contribution in [-0.4, -0.2) is 11.0 Å². The summed E-state index contributed by atoms with van der Waals surface area (Å²) >= 11 is 0. The number of aryl methyl sites for hydroxylation is 1. The fourth-order valence-corrected chi connectivity index (χ4v) is 4.28. The van der Waals surface area contributed by atoms with Crippen molar-refractivity contribution in [2.45, 2.75) is 110 Å². The van der Waals surface area contributed by atoms with Gasteiger partial charge in [-0.1, -0.05) is 127 Å². The van der Waals surface area contributed by atoms with E-state index in [9.17, 15) is 4.79 Å².